The van der Waals surface area contributed by atoms with Crippen molar-refractivity contribution in [3.8, 4) is 0 Å². The Balaban J connectivity index is 2.88. The van der Waals surface area contributed by atoms with Crippen molar-refractivity contribution in [2.24, 2.45) is 0 Å². The van der Waals surface area contributed by atoms with Crippen LogP contribution in [0.2, 0.25) is 0 Å². The van der Waals surface area contributed by atoms with Gasteiger partial charge in [0.2, 0.25) is 0 Å². The molecule has 0 radical (unpaired) electrons. The van der Waals surface area contributed by atoms with E-state index in [2.05, 4.69) is 15.2 Å². The van der Waals surface area contributed by atoms with E-state index in [1.54, 1.807) is 6.20 Å². The van der Waals surface area contributed by atoms with Gasteiger partial charge in [-0.25, -0.2) is 4.98 Å². The molecule has 0 aliphatic carbocycles. The molecular weight excluding hydrogens is 156 g/mol. The Morgan fingerprint density at radius 3 is 3.25 bits per heavy atom. The number of fused-ring (bicyclic) bond motifs is 1. The number of hydrogen-bond acceptors (Lipinski definition) is 3. The van der Waals surface area contributed by atoms with Crippen LogP contribution in [0.3, 0.4) is 0 Å². The van der Waals surface area contributed by atoms with Crippen molar-refractivity contribution < 1.29 is 0 Å². The second-order valence-electron chi connectivity index (χ2n) is 2.46. The Hall–Kier alpha value is -1.65. The lowest BCUT2D eigenvalue weighted by molar-refractivity contribution is 0.717. The van der Waals surface area contributed by atoms with E-state index in [0.717, 1.165) is 0 Å². The first-order valence-electron chi connectivity index (χ1n) is 3.72. The molecular formula is C7H8N4O. The fourth-order valence-electron chi connectivity index (χ4n) is 1.10. The number of H-pyrrole nitrogens is 1. The first-order valence-corrected chi connectivity index (χ1v) is 3.72. The molecule has 2 aromatic heterocycles. The van der Waals surface area contributed by atoms with Crippen molar-refractivity contribution in [1.29, 1.82) is 0 Å². The summed E-state index contributed by atoms with van der Waals surface area (Å²) in [6.07, 6.45) is 3.07. The molecule has 0 aliphatic rings. The molecule has 0 fully saturated rings. The Bertz CT molecular complexity index is 456. The third-order valence-corrected chi connectivity index (χ3v) is 1.77. The van der Waals surface area contributed by atoms with Gasteiger partial charge in [0, 0.05) is 12.7 Å². The second-order valence-corrected chi connectivity index (χ2v) is 2.46. The summed E-state index contributed by atoms with van der Waals surface area (Å²) in [6.45, 7) is 2.53. The molecule has 5 heteroatoms. The van der Waals surface area contributed by atoms with Crippen molar-refractivity contribution in [2.45, 2.75) is 13.5 Å². The Kier molecular flexibility index (Phi) is 1.43. The van der Waals surface area contributed by atoms with E-state index in [0.29, 0.717) is 17.6 Å². The number of aromatic amines is 1. The first kappa shape index (κ1) is 7.02. The van der Waals surface area contributed by atoms with E-state index in [1.807, 2.05) is 6.92 Å². The highest BCUT2D eigenvalue weighted by Crippen LogP contribution is 1.98. The summed E-state index contributed by atoms with van der Waals surface area (Å²) in [7, 11) is 0. The first-order chi connectivity index (χ1) is 5.83. The van der Waals surface area contributed by atoms with E-state index >= 15 is 0 Å². The molecule has 0 atom stereocenters. The van der Waals surface area contributed by atoms with Crippen LogP contribution in [0.4, 0.5) is 0 Å². The lowest BCUT2D eigenvalue weighted by Gasteiger charge is -1.97. The lowest BCUT2D eigenvalue weighted by atomic mass is 10.4. The average molecular weight is 164 g/mol. The number of rotatable bonds is 1. The number of hydrogen-bond donors (Lipinski definition) is 1. The monoisotopic (exact) mass is 164 g/mol. The molecule has 1 N–H and O–H groups in total. The number of aromatic nitrogens is 4. The second kappa shape index (κ2) is 2.44. The molecule has 2 rings (SSSR count). The van der Waals surface area contributed by atoms with Crippen molar-refractivity contribution in [3.63, 3.8) is 0 Å². The van der Waals surface area contributed by atoms with E-state index in [-0.39, 0.29) is 5.56 Å². The summed E-state index contributed by atoms with van der Waals surface area (Å²) >= 11 is 0. The van der Waals surface area contributed by atoms with Gasteiger partial charge in [0.25, 0.3) is 5.56 Å². The van der Waals surface area contributed by atoms with Gasteiger partial charge in [-0.1, -0.05) is 0 Å². The fourth-order valence-corrected chi connectivity index (χ4v) is 1.10. The number of aryl methyl sites for hydroxylation is 1. The lowest BCUT2D eigenvalue weighted by Crippen LogP contribution is -2.18. The van der Waals surface area contributed by atoms with Gasteiger partial charge in [-0.05, 0) is 6.92 Å². The zero-order valence-electron chi connectivity index (χ0n) is 6.61. The quantitative estimate of drug-likeness (QED) is 0.652. The molecule has 5 nitrogen and oxygen atoms in total. The summed E-state index contributed by atoms with van der Waals surface area (Å²) in [5.41, 5.74) is 0.431. The van der Waals surface area contributed by atoms with Gasteiger partial charge in [-0.2, -0.15) is 5.10 Å². The van der Waals surface area contributed by atoms with Crippen molar-refractivity contribution in [1.82, 2.24) is 19.7 Å². The third-order valence-electron chi connectivity index (χ3n) is 1.77. The van der Waals surface area contributed by atoms with Crippen molar-refractivity contribution >= 4 is 11.0 Å². The molecule has 0 aromatic carbocycles. The van der Waals surface area contributed by atoms with Crippen LogP contribution in [-0.4, -0.2) is 19.7 Å². The van der Waals surface area contributed by atoms with Gasteiger partial charge in [-0.3, -0.25) is 14.5 Å². The molecule has 0 unspecified atom stereocenters. The number of nitrogens with one attached hydrogen (secondary N) is 1. The van der Waals surface area contributed by atoms with E-state index < -0.39 is 0 Å². The van der Waals surface area contributed by atoms with Gasteiger partial charge >= 0.3 is 0 Å². The van der Waals surface area contributed by atoms with E-state index in [4.69, 9.17) is 0 Å². The zero-order valence-corrected chi connectivity index (χ0v) is 6.61. The highest BCUT2D eigenvalue weighted by atomic mass is 16.1. The maximum atomic E-state index is 11.5. The Morgan fingerprint density at radius 2 is 2.50 bits per heavy atom. The Morgan fingerprint density at radius 1 is 1.67 bits per heavy atom. The molecule has 62 valence electrons. The largest absolute Gasteiger partial charge is 0.299 e. The highest BCUT2D eigenvalue weighted by molar-refractivity contribution is 5.71. The number of nitrogens with zero attached hydrogens (tertiary/aromatic N) is 3. The van der Waals surface area contributed by atoms with Gasteiger partial charge < -0.3 is 0 Å². The average Bonchev–Trinajstić information content (AvgIpc) is 2.53. The zero-order chi connectivity index (χ0) is 8.55. The van der Waals surface area contributed by atoms with Crippen LogP contribution >= 0.6 is 0 Å². The summed E-state index contributed by atoms with van der Waals surface area (Å²) in [5.74, 6) is 0. The van der Waals surface area contributed by atoms with Crippen LogP contribution < -0.4 is 5.56 Å². The van der Waals surface area contributed by atoms with E-state index in [9.17, 15) is 4.79 Å². The smallest absolute Gasteiger partial charge is 0.264 e. The van der Waals surface area contributed by atoms with E-state index in [1.165, 1.54) is 10.9 Å². The summed E-state index contributed by atoms with van der Waals surface area (Å²) < 4.78 is 1.54. The molecule has 2 aromatic rings. The predicted octanol–water partition coefficient (Wildman–Crippen LogP) is 0.139. The summed E-state index contributed by atoms with van der Waals surface area (Å²) in [5, 5.41) is 6.95. The topological polar surface area (TPSA) is 63.6 Å². The molecule has 0 bridgehead atoms. The van der Waals surface area contributed by atoms with Gasteiger partial charge in [0.1, 0.15) is 11.7 Å². The standard InChI is InChI=1S/C7H8N4O/c1-2-11-4-8-6-5(7(11)12)3-9-10-6/h3-4H,2H2,1H3,(H,9,10). The van der Waals surface area contributed by atoms with Crippen LogP contribution in [0.1, 0.15) is 6.92 Å². The maximum absolute atomic E-state index is 11.5. The molecule has 0 aliphatic heterocycles. The molecule has 2 heterocycles. The van der Waals surface area contributed by atoms with Crippen LogP contribution in [0.25, 0.3) is 11.0 Å². The molecule has 12 heavy (non-hydrogen) atoms. The minimum Gasteiger partial charge on any atom is -0.299 e. The van der Waals surface area contributed by atoms with Gasteiger partial charge in [-0.15, -0.1) is 0 Å². The molecule has 0 amide bonds. The maximum Gasteiger partial charge on any atom is 0.264 e. The molecule has 0 saturated heterocycles. The van der Waals surface area contributed by atoms with Crippen LogP contribution in [0, 0.1) is 0 Å². The third kappa shape index (κ3) is 0.827. The fraction of sp³-hybridized carbons (Fsp3) is 0.286. The van der Waals surface area contributed by atoms with Crippen molar-refractivity contribution in [3.05, 3.63) is 22.9 Å². The van der Waals surface area contributed by atoms with Gasteiger partial charge in [0.15, 0.2) is 5.65 Å². The van der Waals surface area contributed by atoms with Crippen LogP contribution in [-0.2, 0) is 6.54 Å². The van der Waals surface area contributed by atoms with Crippen LogP contribution in [0.15, 0.2) is 17.3 Å². The minimum absolute atomic E-state index is 0.0451. The summed E-state index contributed by atoms with van der Waals surface area (Å²) in [6, 6.07) is 0. The minimum atomic E-state index is -0.0451. The van der Waals surface area contributed by atoms with Crippen LogP contribution in [0.5, 0.6) is 0 Å². The SMILES string of the molecule is CCn1cnc2n[nH]cc2c1=O. The Labute approximate surface area is 68.1 Å². The normalized spacial score (nSPS) is 10.8. The molecule has 0 saturated carbocycles. The summed E-state index contributed by atoms with van der Waals surface area (Å²) in [4.78, 5) is 15.5. The highest BCUT2D eigenvalue weighted by Gasteiger charge is 2.03. The molecule has 0 spiro atoms. The van der Waals surface area contributed by atoms with Crippen molar-refractivity contribution in [2.75, 3.05) is 0 Å². The predicted molar refractivity (Wildman–Crippen MR) is 43.8 cm³/mol. The van der Waals surface area contributed by atoms with Gasteiger partial charge in [0.05, 0.1) is 0 Å².